The van der Waals surface area contributed by atoms with Crippen molar-refractivity contribution in [1.29, 1.82) is 0 Å². The number of sulfone groups is 1. The SMILES string of the molecule is CCOc1ccc(Br)cc1C(Cl)C1CCCCS1(=O)=O. The molecule has 0 radical (unpaired) electrons. The van der Waals surface area contributed by atoms with Crippen molar-refractivity contribution >= 4 is 37.4 Å². The van der Waals surface area contributed by atoms with Gasteiger partial charge in [0, 0.05) is 10.0 Å². The smallest absolute Gasteiger partial charge is 0.154 e. The number of hydrogen-bond acceptors (Lipinski definition) is 3. The van der Waals surface area contributed by atoms with Crippen LogP contribution in [0.25, 0.3) is 0 Å². The van der Waals surface area contributed by atoms with Crippen molar-refractivity contribution in [2.75, 3.05) is 12.4 Å². The van der Waals surface area contributed by atoms with Gasteiger partial charge in [0.15, 0.2) is 9.84 Å². The van der Waals surface area contributed by atoms with E-state index < -0.39 is 20.5 Å². The van der Waals surface area contributed by atoms with Gasteiger partial charge in [0.25, 0.3) is 0 Å². The van der Waals surface area contributed by atoms with Crippen LogP contribution in [0.2, 0.25) is 0 Å². The van der Waals surface area contributed by atoms with Gasteiger partial charge in [-0.15, -0.1) is 11.6 Å². The van der Waals surface area contributed by atoms with E-state index in [1.807, 2.05) is 25.1 Å². The first kappa shape index (κ1) is 16.1. The second-order valence-electron chi connectivity index (χ2n) is 4.92. The second-order valence-corrected chi connectivity index (χ2v) is 8.64. The summed E-state index contributed by atoms with van der Waals surface area (Å²) in [6, 6.07) is 5.55. The summed E-state index contributed by atoms with van der Waals surface area (Å²) in [5, 5.41) is -1.09. The van der Waals surface area contributed by atoms with Crippen molar-refractivity contribution in [2.24, 2.45) is 0 Å². The molecule has 1 aromatic rings. The molecule has 2 unspecified atom stereocenters. The van der Waals surface area contributed by atoms with Crippen LogP contribution in [0.5, 0.6) is 5.75 Å². The molecule has 0 spiro atoms. The van der Waals surface area contributed by atoms with Crippen LogP contribution >= 0.6 is 27.5 Å². The number of rotatable bonds is 4. The number of ether oxygens (including phenoxy) is 1. The monoisotopic (exact) mass is 380 g/mol. The fourth-order valence-corrected chi connectivity index (χ4v) is 5.62. The van der Waals surface area contributed by atoms with Crippen LogP contribution in [0.15, 0.2) is 22.7 Å². The first-order chi connectivity index (χ1) is 9.45. The topological polar surface area (TPSA) is 43.4 Å². The molecule has 1 aliphatic rings. The number of benzene rings is 1. The molecule has 1 heterocycles. The van der Waals surface area contributed by atoms with Gasteiger partial charge in [-0.2, -0.15) is 0 Å². The molecule has 0 N–H and O–H groups in total. The molecule has 20 heavy (non-hydrogen) atoms. The summed E-state index contributed by atoms with van der Waals surface area (Å²) in [5.74, 6) is 0.898. The molecule has 0 aliphatic carbocycles. The van der Waals surface area contributed by atoms with Crippen LogP contribution in [0.4, 0.5) is 0 Å². The van der Waals surface area contributed by atoms with Crippen LogP contribution in [0.1, 0.15) is 37.1 Å². The summed E-state index contributed by atoms with van der Waals surface area (Å²) >= 11 is 9.91. The van der Waals surface area contributed by atoms with Gasteiger partial charge in [-0.3, -0.25) is 0 Å². The molecular formula is C14H18BrClO3S. The predicted molar refractivity (Wildman–Crippen MR) is 85.3 cm³/mol. The molecule has 2 atom stereocenters. The Morgan fingerprint density at radius 1 is 1.45 bits per heavy atom. The summed E-state index contributed by atoms with van der Waals surface area (Å²) in [6.07, 6.45) is 2.26. The Morgan fingerprint density at radius 3 is 2.85 bits per heavy atom. The van der Waals surface area contributed by atoms with E-state index in [9.17, 15) is 8.42 Å². The number of alkyl halides is 1. The van der Waals surface area contributed by atoms with E-state index in [0.717, 1.165) is 22.9 Å². The van der Waals surface area contributed by atoms with Gasteiger partial charge in [-0.25, -0.2) is 8.42 Å². The predicted octanol–water partition coefficient (Wildman–Crippen LogP) is 4.10. The first-order valence-electron chi connectivity index (χ1n) is 6.73. The summed E-state index contributed by atoms with van der Waals surface area (Å²) in [4.78, 5) is 0. The standard InChI is InChI=1S/C14H18BrClO3S/c1-2-19-12-7-6-10(15)9-11(12)14(16)13-5-3-4-8-20(13,17)18/h6-7,9,13-14H,2-5,8H2,1H3. The zero-order valence-electron chi connectivity index (χ0n) is 11.3. The first-order valence-corrected chi connectivity index (χ1v) is 9.68. The third kappa shape index (κ3) is 3.49. The van der Waals surface area contributed by atoms with E-state index in [-0.39, 0.29) is 5.75 Å². The summed E-state index contributed by atoms with van der Waals surface area (Å²) in [6.45, 7) is 2.42. The van der Waals surface area contributed by atoms with E-state index in [1.54, 1.807) is 0 Å². The van der Waals surface area contributed by atoms with Crippen LogP contribution < -0.4 is 4.74 Å². The maximum atomic E-state index is 12.2. The van der Waals surface area contributed by atoms with Crippen molar-refractivity contribution in [3.8, 4) is 5.75 Å². The molecule has 1 aliphatic heterocycles. The molecule has 6 heteroatoms. The zero-order chi connectivity index (χ0) is 14.8. The Kier molecular flexibility index (Phi) is 5.37. The van der Waals surface area contributed by atoms with E-state index in [0.29, 0.717) is 18.8 Å². The lowest BCUT2D eigenvalue weighted by Gasteiger charge is -2.27. The van der Waals surface area contributed by atoms with Gasteiger partial charge in [0.2, 0.25) is 0 Å². The molecule has 0 bridgehead atoms. The zero-order valence-corrected chi connectivity index (χ0v) is 14.5. The van der Waals surface area contributed by atoms with Gasteiger partial charge in [-0.1, -0.05) is 22.4 Å². The second kappa shape index (κ2) is 6.67. The molecule has 0 saturated carbocycles. The molecule has 1 saturated heterocycles. The Hall–Kier alpha value is -0.260. The third-order valence-corrected chi connectivity index (χ3v) is 6.99. The normalized spacial score (nSPS) is 23.2. The van der Waals surface area contributed by atoms with Crippen LogP contribution in [-0.2, 0) is 9.84 Å². The van der Waals surface area contributed by atoms with Crippen molar-refractivity contribution in [3.63, 3.8) is 0 Å². The minimum absolute atomic E-state index is 0.235. The van der Waals surface area contributed by atoms with E-state index in [1.165, 1.54) is 0 Å². The average molecular weight is 382 g/mol. The third-order valence-electron chi connectivity index (χ3n) is 3.52. The highest BCUT2D eigenvalue weighted by molar-refractivity contribution is 9.10. The molecule has 1 fully saturated rings. The van der Waals surface area contributed by atoms with Crippen molar-refractivity contribution in [1.82, 2.24) is 0 Å². The van der Waals surface area contributed by atoms with Crippen molar-refractivity contribution < 1.29 is 13.2 Å². The van der Waals surface area contributed by atoms with Crippen molar-refractivity contribution in [3.05, 3.63) is 28.2 Å². The maximum Gasteiger partial charge on any atom is 0.154 e. The maximum absolute atomic E-state index is 12.2. The Morgan fingerprint density at radius 2 is 2.20 bits per heavy atom. The largest absolute Gasteiger partial charge is 0.494 e. The van der Waals surface area contributed by atoms with Gasteiger partial charge < -0.3 is 4.74 Å². The molecular weight excluding hydrogens is 364 g/mol. The molecule has 112 valence electrons. The highest BCUT2D eigenvalue weighted by Gasteiger charge is 2.36. The van der Waals surface area contributed by atoms with Gasteiger partial charge >= 0.3 is 0 Å². The molecule has 0 amide bonds. The van der Waals surface area contributed by atoms with Crippen molar-refractivity contribution in [2.45, 2.75) is 36.8 Å². The lowest BCUT2D eigenvalue weighted by atomic mass is 10.0. The quantitative estimate of drug-likeness (QED) is 0.738. The van der Waals surface area contributed by atoms with Gasteiger partial charge in [0.1, 0.15) is 5.75 Å². The van der Waals surface area contributed by atoms with Gasteiger partial charge in [0.05, 0.1) is 23.0 Å². The van der Waals surface area contributed by atoms with E-state index in [2.05, 4.69) is 15.9 Å². The number of hydrogen-bond donors (Lipinski definition) is 0. The van der Waals surface area contributed by atoms with E-state index >= 15 is 0 Å². The van der Waals surface area contributed by atoms with E-state index in [4.69, 9.17) is 16.3 Å². The fraction of sp³-hybridized carbons (Fsp3) is 0.571. The lowest BCUT2D eigenvalue weighted by Crippen LogP contribution is -2.32. The minimum Gasteiger partial charge on any atom is -0.494 e. The molecule has 2 rings (SSSR count). The molecule has 1 aromatic carbocycles. The minimum atomic E-state index is -3.12. The number of halogens is 2. The summed E-state index contributed by atoms with van der Waals surface area (Å²) < 4.78 is 30.9. The Bertz CT molecular complexity index is 574. The highest BCUT2D eigenvalue weighted by atomic mass is 79.9. The highest BCUT2D eigenvalue weighted by Crippen LogP contribution is 2.40. The molecule has 3 nitrogen and oxygen atoms in total. The Labute approximate surface area is 133 Å². The van der Waals surface area contributed by atoms with Crippen LogP contribution in [0, 0.1) is 0 Å². The Balaban J connectivity index is 2.36. The van der Waals surface area contributed by atoms with Crippen LogP contribution in [0.3, 0.4) is 0 Å². The molecule has 0 aromatic heterocycles. The fourth-order valence-electron chi connectivity index (χ4n) is 2.53. The summed E-state index contributed by atoms with van der Waals surface area (Å²) in [5.41, 5.74) is 0.748. The van der Waals surface area contributed by atoms with Gasteiger partial charge in [-0.05, 0) is 38.0 Å². The lowest BCUT2D eigenvalue weighted by molar-refractivity contribution is 0.335. The average Bonchev–Trinajstić information content (AvgIpc) is 2.40. The summed E-state index contributed by atoms with van der Waals surface area (Å²) in [7, 11) is -3.12. The van der Waals surface area contributed by atoms with Crippen LogP contribution in [-0.4, -0.2) is 26.0 Å².